The van der Waals surface area contributed by atoms with Crippen LogP contribution in [0.5, 0.6) is 0 Å². The Kier molecular flexibility index (Phi) is 5.56. The van der Waals surface area contributed by atoms with E-state index >= 15 is 0 Å². The van der Waals surface area contributed by atoms with Crippen LogP contribution in [-0.4, -0.2) is 28.9 Å². The van der Waals surface area contributed by atoms with Gasteiger partial charge in [0.2, 0.25) is 0 Å². The highest BCUT2D eigenvalue weighted by Gasteiger charge is 2.40. The molecule has 3 nitrogen and oxygen atoms in total. The summed E-state index contributed by atoms with van der Waals surface area (Å²) in [5.41, 5.74) is 7.09. The highest BCUT2D eigenvalue weighted by molar-refractivity contribution is 9.09. The molecule has 0 bridgehead atoms. The molecule has 1 aliphatic heterocycles. The predicted molar refractivity (Wildman–Crippen MR) is 81.4 cm³/mol. The lowest BCUT2D eigenvalue weighted by molar-refractivity contribution is -0.163. The third-order valence-electron chi connectivity index (χ3n) is 3.11. The standard InChI is InChI=1S/C14H25BrN2O/c1-13(2)8-11(9-14(3,4)18-13)12(17-10-15)6-5-7-16/h5-6,11H,7-10,16H2,1-4H3/b6-5-,17-12+. The van der Waals surface area contributed by atoms with Crippen molar-refractivity contribution < 1.29 is 4.74 Å². The number of ether oxygens (including phenoxy) is 1. The molecule has 0 atom stereocenters. The Hall–Kier alpha value is -0.190. The van der Waals surface area contributed by atoms with Crippen molar-refractivity contribution in [3.05, 3.63) is 12.2 Å². The molecular weight excluding hydrogens is 292 g/mol. The van der Waals surface area contributed by atoms with E-state index in [0.29, 0.717) is 17.9 Å². The fourth-order valence-corrected chi connectivity index (χ4v) is 3.16. The summed E-state index contributed by atoms with van der Waals surface area (Å²) in [7, 11) is 0. The van der Waals surface area contributed by atoms with Gasteiger partial charge in [0.05, 0.1) is 16.7 Å². The Balaban J connectivity index is 2.91. The molecule has 18 heavy (non-hydrogen) atoms. The van der Waals surface area contributed by atoms with Gasteiger partial charge >= 0.3 is 0 Å². The van der Waals surface area contributed by atoms with Gasteiger partial charge in [0, 0.05) is 18.2 Å². The SMILES string of the molecule is CC1(C)CC(C(/C=C\CN)=N/CBr)CC(C)(C)O1. The minimum atomic E-state index is -0.101. The smallest absolute Gasteiger partial charge is 0.0943 e. The Labute approximate surface area is 119 Å². The molecule has 1 heterocycles. The van der Waals surface area contributed by atoms with Crippen LogP contribution < -0.4 is 5.73 Å². The molecule has 0 aromatic rings. The number of allylic oxidation sites excluding steroid dienone is 1. The van der Waals surface area contributed by atoms with Crippen molar-refractivity contribution in [3.63, 3.8) is 0 Å². The number of hydrogen-bond acceptors (Lipinski definition) is 3. The summed E-state index contributed by atoms with van der Waals surface area (Å²) in [6, 6.07) is 0. The maximum atomic E-state index is 6.11. The third kappa shape index (κ3) is 4.82. The molecule has 1 aliphatic rings. The lowest BCUT2D eigenvalue weighted by Gasteiger charge is -2.45. The van der Waals surface area contributed by atoms with Gasteiger partial charge in [-0.05, 0) is 46.6 Å². The minimum absolute atomic E-state index is 0.101. The summed E-state index contributed by atoms with van der Waals surface area (Å²) >= 11 is 3.38. The van der Waals surface area contributed by atoms with Crippen LogP contribution in [0.3, 0.4) is 0 Å². The fourth-order valence-electron chi connectivity index (χ4n) is 2.88. The zero-order chi connectivity index (χ0) is 13.8. The van der Waals surface area contributed by atoms with E-state index in [1.807, 2.05) is 6.08 Å². The first kappa shape index (κ1) is 15.9. The second kappa shape index (κ2) is 6.31. The van der Waals surface area contributed by atoms with Gasteiger partial charge in [-0.25, -0.2) is 0 Å². The van der Waals surface area contributed by atoms with Gasteiger partial charge in [-0.1, -0.05) is 22.0 Å². The van der Waals surface area contributed by atoms with Gasteiger partial charge in [-0.3, -0.25) is 4.99 Å². The highest BCUT2D eigenvalue weighted by Crippen LogP contribution is 2.39. The van der Waals surface area contributed by atoms with E-state index in [0.717, 1.165) is 18.6 Å². The van der Waals surface area contributed by atoms with Gasteiger partial charge in [0.1, 0.15) is 0 Å². The van der Waals surface area contributed by atoms with Crippen molar-refractivity contribution in [2.24, 2.45) is 16.6 Å². The first-order valence-corrected chi connectivity index (χ1v) is 7.59. The first-order chi connectivity index (χ1) is 8.29. The second-order valence-corrected chi connectivity index (χ2v) is 6.57. The summed E-state index contributed by atoms with van der Waals surface area (Å²) in [5.74, 6) is 0.434. The minimum Gasteiger partial charge on any atom is -0.370 e. The molecular formula is C14H25BrN2O. The molecule has 0 aromatic heterocycles. The predicted octanol–water partition coefficient (Wildman–Crippen LogP) is 3.28. The van der Waals surface area contributed by atoms with Gasteiger partial charge in [0.15, 0.2) is 0 Å². The topological polar surface area (TPSA) is 47.6 Å². The summed E-state index contributed by atoms with van der Waals surface area (Å²) in [6.45, 7) is 9.16. The molecule has 1 rings (SSSR count). The molecule has 4 heteroatoms. The Morgan fingerprint density at radius 2 is 1.89 bits per heavy atom. The van der Waals surface area contributed by atoms with Crippen molar-refractivity contribution >= 4 is 21.6 Å². The van der Waals surface area contributed by atoms with Crippen LogP contribution in [0.25, 0.3) is 0 Å². The molecule has 0 saturated carbocycles. The normalized spacial score (nSPS) is 24.7. The maximum Gasteiger partial charge on any atom is 0.0943 e. The number of nitrogens with zero attached hydrogens (tertiary/aromatic N) is 1. The monoisotopic (exact) mass is 316 g/mol. The van der Waals surface area contributed by atoms with Crippen LogP contribution in [0, 0.1) is 5.92 Å². The molecule has 2 N–H and O–H groups in total. The fraction of sp³-hybridized carbons (Fsp3) is 0.786. The van der Waals surface area contributed by atoms with E-state index in [4.69, 9.17) is 10.5 Å². The molecule has 0 aromatic carbocycles. The Bertz CT molecular complexity index is 319. The van der Waals surface area contributed by atoms with E-state index in [1.54, 1.807) is 0 Å². The van der Waals surface area contributed by atoms with Crippen LogP contribution in [0.15, 0.2) is 17.1 Å². The van der Waals surface area contributed by atoms with Crippen LogP contribution in [0.2, 0.25) is 0 Å². The molecule has 0 spiro atoms. The van der Waals surface area contributed by atoms with Crippen molar-refractivity contribution in [1.82, 2.24) is 0 Å². The molecule has 1 fully saturated rings. The Morgan fingerprint density at radius 1 is 1.33 bits per heavy atom. The number of nitrogens with two attached hydrogens (primary N) is 1. The summed E-state index contributed by atoms with van der Waals surface area (Å²) in [6.07, 6.45) is 6.02. The first-order valence-electron chi connectivity index (χ1n) is 6.47. The number of hydrogen-bond donors (Lipinski definition) is 1. The largest absolute Gasteiger partial charge is 0.370 e. The van der Waals surface area contributed by atoms with Crippen LogP contribution >= 0.6 is 15.9 Å². The van der Waals surface area contributed by atoms with E-state index < -0.39 is 0 Å². The van der Waals surface area contributed by atoms with Gasteiger partial charge < -0.3 is 10.5 Å². The van der Waals surface area contributed by atoms with Crippen molar-refractivity contribution in [2.45, 2.75) is 51.7 Å². The summed E-state index contributed by atoms with van der Waals surface area (Å²) in [5, 5.41) is 0. The maximum absolute atomic E-state index is 6.11. The van der Waals surface area contributed by atoms with Crippen LogP contribution in [0.4, 0.5) is 0 Å². The van der Waals surface area contributed by atoms with Gasteiger partial charge in [0.25, 0.3) is 0 Å². The summed E-state index contributed by atoms with van der Waals surface area (Å²) < 4.78 is 6.11. The molecule has 0 amide bonds. The zero-order valence-electron chi connectivity index (χ0n) is 11.9. The van der Waals surface area contributed by atoms with E-state index in [-0.39, 0.29) is 11.2 Å². The lowest BCUT2D eigenvalue weighted by Crippen LogP contribution is -2.47. The lowest BCUT2D eigenvalue weighted by atomic mass is 9.78. The molecule has 0 radical (unpaired) electrons. The number of rotatable bonds is 4. The molecule has 0 unspecified atom stereocenters. The van der Waals surface area contributed by atoms with Gasteiger partial charge in [-0.15, -0.1) is 0 Å². The van der Waals surface area contributed by atoms with E-state index in [9.17, 15) is 0 Å². The second-order valence-electron chi connectivity index (χ2n) is 6.07. The number of alkyl halides is 1. The summed E-state index contributed by atoms with van der Waals surface area (Å²) in [4.78, 5) is 4.55. The average molecular weight is 317 g/mol. The average Bonchev–Trinajstić information content (AvgIpc) is 2.19. The highest BCUT2D eigenvalue weighted by atomic mass is 79.9. The van der Waals surface area contributed by atoms with Gasteiger partial charge in [-0.2, -0.15) is 0 Å². The molecule has 104 valence electrons. The molecule has 0 aliphatic carbocycles. The third-order valence-corrected chi connectivity index (χ3v) is 3.36. The van der Waals surface area contributed by atoms with Crippen LogP contribution in [0.1, 0.15) is 40.5 Å². The molecule has 1 saturated heterocycles. The van der Waals surface area contributed by atoms with E-state index in [2.05, 4.69) is 54.7 Å². The Morgan fingerprint density at radius 3 is 2.33 bits per heavy atom. The van der Waals surface area contributed by atoms with E-state index in [1.165, 1.54) is 0 Å². The van der Waals surface area contributed by atoms with Crippen molar-refractivity contribution in [3.8, 4) is 0 Å². The quantitative estimate of drug-likeness (QED) is 0.491. The van der Waals surface area contributed by atoms with Crippen molar-refractivity contribution in [1.29, 1.82) is 0 Å². The number of aliphatic imine (C=N–C) groups is 1. The zero-order valence-corrected chi connectivity index (χ0v) is 13.5. The van der Waals surface area contributed by atoms with Crippen molar-refractivity contribution in [2.75, 3.05) is 12.0 Å². The number of halogens is 1. The van der Waals surface area contributed by atoms with Crippen LogP contribution in [-0.2, 0) is 4.74 Å².